The number of nitrogens with zero attached hydrogens (tertiary/aromatic N) is 2. The van der Waals surface area contributed by atoms with Gasteiger partial charge in [0.05, 0.1) is 23.5 Å². The van der Waals surface area contributed by atoms with E-state index in [2.05, 4.69) is 38.1 Å². The van der Waals surface area contributed by atoms with E-state index >= 15 is 0 Å². The Balaban J connectivity index is 1.60. The van der Waals surface area contributed by atoms with Crippen molar-refractivity contribution in [2.75, 3.05) is 20.3 Å². The number of halogens is 1. The summed E-state index contributed by atoms with van der Waals surface area (Å²) in [5, 5.41) is 4.94. The highest BCUT2D eigenvalue weighted by Gasteiger charge is 2.10. The Kier molecular flexibility index (Phi) is 7.23. The largest absolute Gasteiger partial charge is 0.493 e. The number of amides is 1. The minimum Gasteiger partial charge on any atom is -0.493 e. The zero-order valence-electron chi connectivity index (χ0n) is 16.0. The molecule has 2 aromatic carbocycles. The molecule has 7 nitrogen and oxygen atoms in total. The molecule has 1 heterocycles. The molecular weight excluding hydrogens is 485 g/mol. The zero-order valence-corrected chi connectivity index (χ0v) is 18.2. The average Bonchev–Trinajstić information content (AvgIpc) is 2.74. The second-order valence-electron chi connectivity index (χ2n) is 5.88. The molecule has 0 bridgehead atoms. The third-order valence-corrected chi connectivity index (χ3v) is 4.70. The molecule has 0 unspecified atom stereocenters. The Hall–Kier alpha value is -2.88. The maximum atomic E-state index is 12.1. The number of hydrogen-bond donors (Lipinski definition) is 1. The van der Waals surface area contributed by atoms with Gasteiger partial charge in [0.25, 0.3) is 5.91 Å². The van der Waals surface area contributed by atoms with E-state index < -0.39 is 0 Å². The smallest absolute Gasteiger partial charge is 0.277 e. The highest BCUT2D eigenvalue weighted by Crippen LogP contribution is 2.33. The normalized spacial score (nSPS) is 10.9. The first-order chi connectivity index (χ1) is 14.1. The van der Waals surface area contributed by atoms with E-state index in [-0.39, 0.29) is 12.5 Å². The molecule has 150 valence electrons. The van der Waals surface area contributed by atoms with Crippen LogP contribution in [0.5, 0.6) is 17.2 Å². The summed E-state index contributed by atoms with van der Waals surface area (Å²) < 4.78 is 17.4. The molecule has 0 aliphatic heterocycles. The Labute approximate surface area is 182 Å². The van der Waals surface area contributed by atoms with Crippen molar-refractivity contribution in [1.29, 1.82) is 0 Å². The monoisotopic (exact) mass is 505 g/mol. The van der Waals surface area contributed by atoms with E-state index in [1.54, 1.807) is 25.4 Å². The SMILES string of the molecule is CCOc1c(I)cc(/C=N\NC(=O)COc2cccc3cccnc23)cc1OC. The van der Waals surface area contributed by atoms with E-state index in [9.17, 15) is 4.79 Å². The molecule has 0 radical (unpaired) electrons. The fourth-order valence-corrected chi connectivity index (χ4v) is 3.43. The maximum Gasteiger partial charge on any atom is 0.277 e. The Morgan fingerprint density at radius 1 is 1.21 bits per heavy atom. The van der Waals surface area contributed by atoms with Crippen molar-refractivity contribution in [1.82, 2.24) is 10.4 Å². The topological polar surface area (TPSA) is 82.0 Å². The van der Waals surface area contributed by atoms with E-state index in [4.69, 9.17) is 14.2 Å². The number of methoxy groups -OCH3 is 1. The highest BCUT2D eigenvalue weighted by molar-refractivity contribution is 14.1. The summed E-state index contributed by atoms with van der Waals surface area (Å²) in [4.78, 5) is 16.4. The lowest BCUT2D eigenvalue weighted by Gasteiger charge is -2.12. The minimum absolute atomic E-state index is 0.169. The van der Waals surface area contributed by atoms with Crippen molar-refractivity contribution in [3.63, 3.8) is 0 Å². The lowest BCUT2D eigenvalue weighted by Crippen LogP contribution is -2.24. The standard InChI is InChI=1S/C21H20IN3O4/c1-3-28-21-16(22)10-14(11-18(21)27-2)12-24-25-19(26)13-29-17-8-4-6-15-7-5-9-23-20(15)17/h4-12H,3,13H2,1-2H3,(H,25,26)/b24-12-. The van der Waals surface area contributed by atoms with Crippen LogP contribution in [0.1, 0.15) is 12.5 Å². The van der Waals surface area contributed by atoms with Gasteiger partial charge in [-0.1, -0.05) is 18.2 Å². The van der Waals surface area contributed by atoms with Crippen molar-refractivity contribution >= 4 is 45.6 Å². The van der Waals surface area contributed by atoms with Gasteiger partial charge in [0, 0.05) is 11.6 Å². The molecule has 0 saturated heterocycles. The van der Waals surface area contributed by atoms with Crippen molar-refractivity contribution in [2.24, 2.45) is 5.10 Å². The molecule has 0 aliphatic carbocycles. The van der Waals surface area contributed by atoms with Gasteiger partial charge in [-0.05, 0) is 59.3 Å². The summed E-state index contributed by atoms with van der Waals surface area (Å²) >= 11 is 2.17. The molecule has 0 aliphatic rings. The number of nitrogens with one attached hydrogen (secondary N) is 1. The average molecular weight is 505 g/mol. The van der Waals surface area contributed by atoms with Crippen LogP contribution in [-0.4, -0.2) is 37.4 Å². The summed E-state index contributed by atoms with van der Waals surface area (Å²) in [7, 11) is 1.58. The quantitative estimate of drug-likeness (QED) is 0.287. The lowest BCUT2D eigenvalue weighted by molar-refractivity contribution is -0.123. The number of carbonyl (C=O) groups is 1. The summed E-state index contributed by atoms with van der Waals surface area (Å²) in [6, 6.07) is 13.0. The number of aromatic nitrogens is 1. The molecule has 8 heteroatoms. The summed E-state index contributed by atoms with van der Waals surface area (Å²) in [5.41, 5.74) is 3.94. The molecule has 3 rings (SSSR count). The number of ether oxygens (including phenoxy) is 3. The summed E-state index contributed by atoms with van der Waals surface area (Å²) in [6.45, 7) is 2.29. The molecule has 0 spiro atoms. The number of benzene rings is 2. The van der Waals surface area contributed by atoms with Crippen LogP contribution in [0, 0.1) is 3.57 Å². The van der Waals surface area contributed by atoms with Crippen LogP contribution in [0.2, 0.25) is 0 Å². The Morgan fingerprint density at radius 2 is 2.03 bits per heavy atom. The van der Waals surface area contributed by atoms with Gasteiger partial charge in [-0.2, -0.15) is 5.10 Å². The van der Waals surface area contributed by atoms with Gasteiger partial charge in [0.2, 0.25) is 0 Å². The van der Waals surface area contributed by atoms with Crippen molar-refractivity contribution in [2.45, 2.75) is 6.92 Å². The van der Waals surface area contributed by atoms with Crippen LogP contribution >= 0.6 is 22.6 Å². The number of rotatable bonds is 8. The lowest BCUT2D eigenvalue weighted by atomic mass is 10.2. The number of carbonyl (C=O) groups excluding carboxylic acids is 1. The molecule has 1 aromatic heterocycles. The summed E-state index contributed by atoms with van der Waals surface area (Å²) in [5.74, 6) is 1.47. The van der Waals surface area contributed by atoms with Crippen molar-refractivity contribution in [3.05, 3.63) is 57.8 Å². The number of para-hydroxylation sites is 1. The van der Waals surface area contributed by atoms with Gasteiger partial charge in [0.15, 0.2) is 18.1 Å². The van der Waals surface area contributed by atoms with E-state index in [0.717, 1.165) is 14.5 Å². The molecule has 3 aromatic rings. The second kappa shape index (κ2) is 10.1. The molecule has 1 amide bonds. The summed E-state index contributed by atoms with van der Waals surface area (Å²) in [6.07, 6.45) is 3.23. The molecular formula is C21H20IN3O4. The first-order valence-corrected chi connectivity index (χ1v) is 9.99. The van der Waals surface area contributed by atoms with Crippen LogP contribution in [0.15, 0.2) is 53.8 Å². The first-order valence-electron chi connectivity index (χ1n) is 8.91. The molecule has 1 N–H and O–H groups in total. The van der Waals surface area contributed by atoms with Crippen LogP contribution in [0.4, 0.5) is 0 Å². The fraction of sp³-hybridized carbons (Fsp3) is 0.190. The number of pyridine rings is 1. The van der Waals surface area contributed by atoms with E-state index in [0.29, 0.717) is 29.4 Å². The third-order valence-electron chi connectivity index (χ3n) is 3.90. The second-order valence-corrected chi connectivity index (χ2v) is 7.04. The van der Waals surface area contributed by atoms with Crippen LogP contribution in [-0.2, 0) is 4.79 Å². The van der Waals surface area contributed by atoms with Crippen LogP contribution in [0.25, 0.3) is 10.9 Å². The number of hydrogen-bond acceptors (Lipinski definition) is 6. The van der Waals surface area contributed by atoms with Gasteiger partial charge < -0.3 is 14.2 Å². The highest BCUT2D eigenvalue weighted by atomic mass is 127. The molecule has 0 saturated carbocycles. The van der Waals surface area contributed by atoms with Crippen LogP contribution < -0.4 is 19.6 Å². The van der Waals surface area contributed by atoms with Gasteiger partial charge >= 0.3 is 0 Å². The predicted molar refractivity (Wildman–Crippen MR) is 120 cm³/mol. The van der Waals surface area contributed by atoms with Crippen LogP contribution in [0.3, 0.4) is 0 Å². The third kappa shape index (κ3) is 5.35. The Morgan fingerprint density at radius 3 is 2.83 bits per heavy atom. The Bertz CT molecular complexity index is 1030. The van der Waals surface area contributed by atoms with Gasteiger partial charge in [-0.15, -0.1) is 0 Å². The minimum atomic E-state index is -0.373. The fourth-order valence-electron chi connectivity index (χ4n) is 2.65. The first kappa shape index (κ1) is 20.8. The van der Waals surface area contributed by atoms with Gasteiger partial charge in [-0.25, -0.2) is 5.43 Å². The molecule has 0 atom stereocenters. The molecule has 29 heavy (non-hydrogen) atoms. The van der Waals surface area contributed by atoms with Gasteiger partial charge in [0.1, 0.15) is 11.3 Å². The van der Waals surface area contributed by atoms with E-state index in [1.807, 2.05) is 37.3 Å². The predicted octanol–water partition coefficient (Wildman–Crippen LogP) is 3.78. The number of fused-ring (bicyclic) bond motifs is 1. The van der Waals surface area contributed by atoms with Gasteiger partial charge in [-0.3, -0.25) is 9.78 Å². The van der Waals surface area contributed by atoms with Crippen molar-refractivity contribution < 1.29 is 19.0 Å². The number of hydrazone groups is 1. The maximum absolute atomic E-state index is 12.1. The zero-order chi connectivity index (χ0) is 20.6. The van der Waals surface area contributed by atoms with Crippen molar-refractivity contribution in [3.8, 4) is 17.2 Å². The molecule has 0 fully saturated rings. The van der Waals surface area contributed by atoms with E-state index in [1.165, 1.54) is 6.21 Å².